The van der Waals surface area contributed by atoms with Crippen LogP contribution in [0.25, 0.3) is 0 Å². The van der Waals surface area contributed by atoms with Gasteiger partial charge in [-0.2, -0.15) is 0 Å². The topological polar surface area (TPSA) is 26.0 Å². The van der Waals surface area contributed by atoms with Gasteiger partial charge in [-0.15, -0.1) is 0 Å². The molecule has 0 aromatic heterocycles. The molecule has 0 saturated heterocycles. The fourth-order valence-electron chi connectivity index (χ4n) is 1.49. The van der Waals surface area contributed by atoms with Crippen LogP contribution in [0.3, 0.4) is 0 Å². The Kier molecular flexibility index (Phi) is 3.94. The molecule has 13 heavy (non-hydrogen) atoms. The summed E-state index contributed by atoms with van der Waals surface area (Å²) in [5.41, 5.74) is 9.49. The maximum absolute atomic E-state index is 5.47. The highest BCUT2D eigenvalue weighted by Gasteiger charge is 2.01. The quantitative estimate of drug-likeness (QED) is 0.866. The Balaban J connectivity index is 2.86. The van der Waals surface area contributed by atoms with Crippen LogP contribution in [0.4, 0.5) is 0 Å². The number of benzene rings is 1. The lowest BCUT2D eigenvalue weighted by Gasteiger charge is -2.07. The molecule has 72 valence electrons. The van der Waals surface area contributed by atoms with Crippen molar-refractivity contribution in [3.8, 4) is 0 Å². The van der Waals surface area contributed by atoms with Crippen LogP contribution in [0.2, 0.25) is 0 Å². The standard InChI is InChI=1S/C11H16BrN/c1-8-6-10(4-3-5-13)7-9(2)11(8)12/h6-7H,3-5,13H2,1-2H3. The van der Waals surface area contributed by atoms with E-state index in [0.717, 1.165) is 19.4 Å². The van der Waals surface area contributed by atoms with Crippen LogP contribution in [0.15, 0.2) is 16.6 Å². The Morgan fingerprint density at radius 1 is 1.23 bits per heavy atom. The van der Waals surface area contributed by atoms with Crippen LogP contribution in [0, 0.1) is 13.8 Å². The maximum Gasteiger partial charge on any atom is 0.0233 e. The Morgan fingerprint density at radius 2 is 1.77 bits per heavy atom. The lowest BCUT2D eigenvalue weighted by atomic mass is 10.0. The molecular formula is C11H16BrN. The van der Waals surface area contributed by atoms with E-state index in [2.05, 4.69) is 41.9 Å². The monoisotopic (exact) mass is 241 g/mol. The Labute approximate surface area is 88.5 Å². The van der Waals surface area contributed by atoms with Gasteiger partial charge in [-0.25, -0.2) is 0 Å². The van der Waals surface area contributed by atoms with Crippen molar-refractivity contribution >= 4 is 15.9 Å². The number of halogens is 1. The van der Waals surface area contributed by atoms with Gasteiger partial charge in [0.1, 0.15) is 0 Å². The molecule has 1 aromatic rings. The van der Waals surface area contributed by atoms with Crippen molar-refractivity contribution in [2.75, 3.05) is 6.54 Å². The van der Waals surface area contributed by atoms with Gasteiger partial charge in [0.25, 0.3) is 0 Å². The van der Waals surface area contributed by atoms with Gasteiger partial charge in [-0.1, -0.05) is 28.1 Å². The maximum atomic E-state index is 5.47. The zero-order valence-corrected chi connectivity index (χ0v) is 9.82. The van der Waals surface area contributed by atoms with Crippen LogP contribution in [-0.4, -0.2) is 6.54 Å². The van der Waals surface area contributed by atoms with Gasteiger partial charge in [0.05, 0.1) is 0 Å². The first kappa shape index (κ1) is 10.7. The third-order valence-corrected chi connectivity index (χ3v) is 3.42. The fraction of sp³-hybridized carbons (Fsp3) is 0.455. The minimum atomic E-state index is 0.772. The second-order valence-corrected chi connectivity index (χ2v) is 4.23. The van der Waals surface area contributed by atoms with Crippen molar-refractivity contribution in [2.24, 2.45) is 5.73 Å². The van der Waals surface area contributed by atoms with Crippen LogP contribution < -0.4 is 5.73 Å². The molecule has 1 rings (SSSR count). The van der Waals surface area contributed by atoms with Crippen LogP contribution in [0.1, 0.15) is 23.1 Å². The first-order valence-electron chi connectivity index (χ1n) is 4.61. The van der Waals surface area contributed by atoms with E-state index in [0.29, 0.717) is 0 Å². The number of hydrogen-bond donors (Lipinski definition) is 1. The summed E-state index contributed by atoms with van der Waals surface area (Å²) in [6.07, 6.45) is 2.16. The van der Waals surface area contributed by atoms with E-state index in [9.17, 15) is 0 Å². The minimum Gasteiger partial charge on any atom is -0.330 e. The second-order valence-electron chi connectivity index (χ2n) is 3.44. The Morgan fingerprint density at radius 3 is 2.23 bits per heavy atom. The molecule has 0 radical (unpaired) electrons. The summed E-state index contributed by atoms with van der Waals surface area (Å²) in [4.78, 5) is 0. The van der Waals surface area contributed by atoms with Crippen molar-refractivity contribution in [1.29, 1.82) is 0 Å². The predicted molar refractivity (Wildman–Crippen MR) is 61.0 cm³/mol. The molecule has 0 saturated carbocycles. The molecule has 1 aromatic carbocycles. The Bertz CT molecular complexity index is 271. The Hall–Kier alpha value is -0.340. The zero-order chi connectivity index (χ0) is 9.84. The highest BCUT2D eigenvalue weighted by molar-refractivity contribution is 9.10. The lowest BCUT2D eigenvalue weighted by Crippen LogP contribution is -2.00. The summed E-state index contributed by atoms with van der Waals surface area (Å²) in [5, 5.41) is 0. The first-order valence-corrected chi connectivity index (χ1v) is 5.40. The normalized spacial score (nSPS) is 10.5. The van der Waals surface area contributed by atoms with Crippen LogP contribution >= 0.6 is 15.9 Å². The SMILES string of the molecule is Cc1cc(CCCN)cc(C)c1Br. The number of aryl methyl sites for hydroxylation is 3. The number of rotatable bonds is 3. The van der Waals surface area contributed by atoms with Crippen LogP contribution in [-0.2, 0) is 6.42 Å². The molecule has 0 atom stereocenters. The summed E-state index contributed by atoms with van der Waals surface area (Å²) >= 11 is 3.56. The molecular weight excluding hydrogens is 226 g/mol. The minimum absolute atomic E-state index is 0.772. The van der Waals surface area contributed by atoms with E-state index in [1.807, 2.05) is 0 Å². The fourth-order valence-corrected chi connectivity index (χ4v) is 1.72. The molecule has 1 nitrogen and oxygen atoms in total. The van der Waals surface area contributed by atoms with E-state index in [1.165, 1.54) is 21.2 Å². The second kappa shape index (κ2) is 4.77. The number of nitrogens with two attached hydrogens (primary N) is 1. The molecule has 0 unspecified atom stereocenters. The summed E-state index contributed by atoms with van der Waals surface area (Å²) in [6, 6.07) is 4.46. The molecule has 0 aliphatic rings. The van der Waals surface area contributed by atoms with Gasteiger partial charge in [-0.3, -0.25) is 0 Å². The molecule has 0 aliphatic heterocycles. The number of hydrogen-bond acceptors (Lipinski definition) is 1. The summed E-state index contributed by atoms with van der Waals surface area (Å²) in [5.74, 6) is 0. The van der Waals surface area contributed by atoms with Gasteiger partial charge in [0.2, 0.25) is 0 Å². The first-order chi connectivity index (χ1) is 6.15. The molecule has 2 N–H and O–H groups in total. The van der Waals surface area contributed by atoms with Gasteiger partial charge in [0, 0.05) is 4.47 Å². The van der Waals surface area contributed by atoms with Gasteiger partial charge in [0.15, 0.2) is 0 Å². The van der Waals surface area contributed by atoms with Gasteiger partial charge < -0.3 is 5.73 Å². The summed E-state index contributed by atoms with van der Waals surface area (Å²) in [7, 11) is 0. The highest BCUT2D eigenvalue weighted by atomic mass is 79.9. The lowest BCUT2D eigenvalue weighted by molar-refractivity contribution is 0.830. The van der Waals surface area contributed by atoms with E-state index in [4.69, 9.17) is 5.73 Å². The van der Waals surface area contributed by atoms with E-state index >= 15 is 0 Å². The highest BCUT2D eigenvalue weighted by Crippen LogP contribution is 2.22. The van der Waals surface area contributed by atoms with E-state index < -0.39 is 0 Å². The molecule has 0 spiro atoms. The van der Waals surface area contributed by atoms with Gasteiger partial charge in [-0.05, 0) is 49.9 Å². The van der Waals surface area contributed by atoms with E-state index in [-0.39, 0.29) is 0 Å². The average Bonchev–Trinajstić information content (AvgIpc) is 2.10. The van der Waals surface area contributed by atoms with Crippen molar-refractivity contribution in [3.63, 3.8) is 0 Å². The van der Waals surface area contributed by atoms with Gasteiger partial charge >= 0.3 is 0 Å². The average molecular weight is 242 g/mol. The van der Waals surface area contributed by atoms with Crippen molar-refractivity contribution in [1.82, 2.24) is 0 Å². The summed E-state index contributed by atoms with van der Waals surface area (Å²) < 4.78 is 1.23. The third-order valence-electron chi connectivity index (χ3n) is 2.17. The van der Waals surface area contributed by atoms with E-state index in [1.54, 1.807) is 0 Å². The molecule has 0 heterocycles. The summed E-state index contributed by atoms with van der Waals surface area (Å²) in [6.45, 7) is 5.03. The smallest absolute Gasteiger partial charge is 0.0233 e. The van der Waals surface area contributed by atoms with Crippen LogP contribution in [0.5, 0.6) is 0 Å². The molecule has 0 amide bonds. The molecule has 0 bridgehead atoms. The predicted octanol–water partition coefficient (Wildman–Crippen LogP) is 2.96. The molecule has 2 heteroatoms. The molecule has 0 fully saturated rings. The van der Waals surface area contributed by atoms with Crippen molar-refractivity contribution in [3.05, 3.63) is 33.3 Å². The third kappa shape index (κ3) is 2.82. The largest absolute Gasteiger partial charge is 0.330 e. The zero-order valence-electron chi connectivity index (χ0n) is 8.23. The van der Waals surface area contributed by atoms with Crippen molar-refractivity contribution in [2.45, 2.75) is 26.7 Å². The van der Waals surface area contributed by atoms with Crippen molar-refractivity contribution < 1.29 is 0 Å². The molecule has 0 aliphatic carbocycles.